The van der Waals surface area contributed by atoms with Gasteiger partial charge in [0.25, 0.3) is 0 Å². The predicted molar refractivity (Wildman–Crippen MR) is 88.5 cm³/mol. The molecule has 0 amide bonds. The molecule has 24 heavy (non-hydrogen) atoms. The third kappa shape index (κ3) is 4.79. The van der Waals surface area contributed by atoms with Crippen LogP contribution in [0, 0.1) is 17.2 Å². The van der Waals surface area contributed by atoms with Crippen molar-refractivity contribution in [2.75, 3.05) is 7.11 Å². The van der Waals surface area contributed by atoms with Crippen molar-refractivity contribution in [2.24, 2.45) is 5.92 Å². The number of benzene rings is 1. The van der Waals surface area contributed by atoms with E-state index < -0.39 is 22.0 Å². The van der Waals surface area contributed by atoms with E-state index in [1.165, 1.54) is 37.8 Å². The van der Waals surface area contributed by atoms with Crippen LogP contribution in [0.3, 0.4) is 0 Å². The van der Waals surface area contributed by atoms with Gasteiger partial charge < -0.3 is 4.74 Å². The number of hydrogen-bond acceptors (Lipinski definition) is 5. The Morgan fingerprint density at radius 2 is 1.92 bits per heavy atom. The summed E-state index contributed by atoms with van der Waals surface area (Å²) in [7, 11) is -2.59. The van der Waals surface area contributed by atoms with Crippen molar-refractivity contribution in [3.05, 3.63) is 29.8 Å². The van der Waals surface area contributed by atoms with E-state index in [2.05, 4.69) is 4.72 Å². The van der Waals surface area contributed by atoms with E-state index in [1.54, 1.807) is 0 Å². The molecular formula is C17H22N2O4S. The minimum Gasteiger partial charge on any atom is -0.468 e. The average molecular weight is 350 g/mol. The highest BCUT2D eigenvalue weighted by atomic mass is 32.2. The van der Waals surface area contributed by atoms with Gasteiger partial charge >= 0.3 is 5.97 Å². The molecule has 0 heterocycles. The van der Waals surface area contributed by atoms with Crippen LogP contribution in [0.5, 0.6) is 0 Å². The Balaban J connectivity index is 2.14. The fourth-order valence-corrected chi connectivity index (χ4v) is 4.25. The van der Waals surface area contributed by atoms with Gasteiger partial charge in [-0.3, -0.25) is 4.79 Å². The van der Waals surface area contributed by atoms with Crippen molar-refractivity contribution >= 4 is 16.0 Å². The summed E-state index contributed by atoms with van der Waals surface area (Å²) >= 11 is 0. The zero-order valence-corrected chi connectivity index (χ0v) is 14.5. The number of carbonyl (C=O) groups excluding carboxylic acids is 1. The van der Waals surface area contributed by atoms with E-state index >= 15 is 0 Å². The van der Waals surface area contributed by atoms with E-state index in [9.17, 15) is 13.2 Å². The van der Waals surface area contributed by atoms with Crippen LogP contribution >= 0.6 is 0 Å². The molecule has 130 valence electrons. The standard InChI is InChI=1S/C17H22N2O4S/c1-23-17(20)16(11-13-5-3-2-4-6-13)19-24(21,22)15-9-7-14(12-18)8-10-15/h7-10,13,16,19H,2-6,11H2,1H3. The Labute approximate surface area is 142 Å². The summed E-state index contributed by atoms with van der Waals surface area (Å²) in [4.78, 5) is 12.0. The highest BCUT2D eigenvalue weighted by Crippen LogP contribution is 2.28. The van der Waals surface area contributed by atoms with Crippen molar-refractivity contribution in [1.29, 1.82) is 5.26 Å². The predicted octanol–water partition coefficient (Wildman–Crippen LogP) is 2.35. The van der Waals surface area contributed by atoms with Gasteiger partial charge in [-0.25, -0.2) is 8.42 Å². The molecular weight excluding hydrogens is 328 g/mol. The molecule has 0 aliphatic heterocycles. The molecule has 0 bridgehead atoms. The van der Waals surface area contributed by atoms with Gasteiger partial charge in [-0.05, 0) is 36.6 Å². The van der Waals surface area contributed by atoms with Gasteiger partial charge in [0.1, 0.15) is 6.04 Å². The maximum absolute atomic E-state index is 12.5. The number of nitrogens with zero attached hydrogens (tertiary/aromatic N) is 1. The van der Waals surface area contributed by atoms with Crippen LogP contribution in [0.25, 0.3) is 0 Å². The first-order valence-electron chi connectivity index (χ1n) is 8.06. The monoisotopic (exact) mass is 350 g/mol. The summed E-state index contributed by atoms with van der Waals surface area (Å²) in [5.74, 6) is -0.246. The molecule has 0 aromatic heterocycles. The molecule has 1 fully saturated rings. The Hall–Kier alpha value is -1.91. The smallest absolute Gasteiger partial charge is 0.323 e. The Morgan fingerprint density at radius 3 is 2.46 bits per heavy atom. The molecule has 1 aliphatic rings. The van der Waals surface area contributed by atoms with Crippen LogP contribution in [-0.2, 0) is 19.6 Å². The third-order valence-electron chi connectivity index (χ3n) is 4.37. The van der Waals surface area contributed by atoms with Crippen molar-refractivity contribution in [2.45, 2.75) is 49.5 Å². The van der Waals surface area contributed by atoms with Gasteiger partial charge in [0.05, 0.1) is 23.6 Å². The van der Waals surface area contributed by atoms with Gasteiger partial charge in [0.2, 0.25) is 10.0 Å². The molecule has 1 unspecified atom stereocenters. The molecule has 0 radical (unpaired) electrons. The van der Waals surface area contributed by atoms with Crippen molar-refractivity contribution in [1.82, 2.24) is 4.72 Å². The number of hydrogen-bond donors (Lipinski definition) is 1. The molecule has 1 saturated carbocycles. The van der Waals surface area contributed by atoms with E-state index in [1.807, 2.05) is 6.07 Å². The van der Waals surface area contributed by atoms with Crippen LogP contribution in [-0.4, -0.2) is 27.5 Å². The molecule has 0 spiro atoms. The summed E-state index contributed by atoms with van der Waals surface area (Å²) < 4.78 is 32.2. The van der Waals surface area contributed by atoms with E-state index in [0.717, 1.165) is 25.7 Å². The first kappa shape index (κ1) is 18.4. The molecule has 1 atom stereocenters. The number of rotatable bonds is 6. The largest absolute Gasteiger partial charge is 0.468 e. The zero-order valence-electron chi connectivity index (χ0n) is 13.7. The molecule has 7 heteroatoms. The van der Waals surface area contributed by atoms with Gasteiger partial charge in [0.15, 0.2) is 0 Å². The summed E-state index contributed by atoms with van der Waals surface area (Å²) in [6.07, 6.45) is 5.87. The number of ether oxygens (including phenoxy) is 1. The molecule has 1 aromatic carbocycles. The van der Waals surface area contributed by atoms with Crippen LogP contribution in [0.4, 0.5) is 0 Å². The van der Waals surface area contributed by atoms with Crippen LogP contribution < -0.4 is 4.72 Å². The zero-order chi connectivity index (χ0) is 17.6. The molecule has 1 N–H and O–H groups in total. The minimum absolute atomic E-state index is 0.0269. The minimum atomic E-state index is -3.85. The maximum Gasteiger partial charge on any atom is 0.323 e. The van der Waals surface area contributed by atoms with Gasteiger partial charge in [0, 0.05) is 0 Å². The average Bonchev–Trinajstić information content (AvgIpc) is 2.61. The highest BCUT2D eigenvalue weighted by Gasteiger charge is 2.29. The Bertz CT molecular complexity index is 701. The molecule has 1 aromatic rings. The van der Waals surface area contributed by atoms with Crippen LogP contribution in [0.1, 0.15) is 44.1 Å². The van der Waals surface area contributed by atoms with Gasteiger partial charge in [-0.15, -0.1) is 0 Å². The quantitative estimate of drug-likeness (QED) is 0.794. The summed E-state index contributed by atoms with van der Waals surface area (Å²) in [6, 6.07) is 6.63. The number of nitriles is 1. The second-order valence-corrected chi connectivity index (χ2v) is 7.79. The summed E-state index contributed by atoms with van der Waals surface area (Å²) in [5, 5.41) is 8.79. The van der Waals surface area contributed by atoms with Gasteiger partial charge in [-0.2, -0.15) is 9.98 Å². The highest BCUT2D eigenvalue weighted by molar-refractivity contribution is 7.89. The third-order valence-corrected chi connectivity index (χ3v) is 5.86. The van der Waals surface area contributed by atoms with E-state index in [0.29, 0.717) is 17.9 Å². The second kappa shape index (κ2) is 8.27. The molecule has 1 aliphatic carbocycles. The number of methoxy groups -OCH3 is 1. The van der Waals surface area contributed by atoms with E-state index in [4.69, 9.17) is 10.00 Å². The fourth-order valence-electron chi connectivity index (χ4n) is 3.05. The normalized spacial score (nSPS) is 17.0. The first-order valence-corrected chi connectivity index (χ1v) is 9.55. The first-order chi connectivity index (χ1) is 11.5. The Kier molecular flexibility index (Phi) is 6.35. The number of nitrogens with one attached hydrogen (secondary N) is 1. The topological polar surface area (TPSA) is 96.3 Å². The SMILES string of the molecule is COC(=O)C(CC1CCCCC1)NS(=O)(=O)c1ccc(C#N)cc1. The lowest BCUT2D eigenvalue weighted by Crippen LogP contribution is -2.42. The Morgan fingerprint density at radius 1 is 1.29 bits per heavy atom. The lowest BCUT2D eigenvalue weighted by molar-refractivity contribution is -0.143. The lowest BCUT2D eigenvalue weighted by atomic mass is 9.85. The number of sulfonamides is 1. The van der Waals surface area contributed by atoms with Crippen LogP contribution in [0.15, 0.2) is 29.2 Å². The summed E-state index contributed by atoms with van der Waals surface area (Å²) in [5.41, 5.74) is 0.376. The van der Waals surface area contributed by atoms with Crippen molar-refractivity contribution in [3.8, 4) is 6.07 Å². The van der Waals surface area contributed by atoms with Crippen LogP contribution in [0.2, 0.25) is 0 Å². The molecule has 0 saturated heterocycles. The summed E-state index contributed by atoms with van der Waals surface area (Å²) in [6.45, 7) is 0. The van der Waals surface area contributed by atoms with Gasteiger partial charge in [-0.1, -0.05) is 32.1 Å². The fraction of sp³-hybridized carbons (Fsp3) is 0.529. The second-order valence-electron chi connectivity index (χ2n) is 6.07. The molecule has 6 nitrogen and oxygen atoms in total. The molecule has 2 rings (SSSR count). The van der Waals surface area contributed by atoms with Crippen molar-refractivity contribution < 1.29 is 17.9 Å². The number of carbonyl (C=O) groups is 1. The van der Waals surface area contributed by atoms with Crippen molar-refractivity contribution in [3.63, 3.8) is 0 Å². The lowest BCUT2D eigenvalue weighted by Gasteiger charge is -2.25. The number of esters is 1. The van der Waals surface area contributed by atoms with E-state index in [-0.39, 0.29) is 4.90 Å². The maximum atomic E-state index is 12.5.